The van der Waals surface area contributed by atoms with Crippen LogP contribution in [-0.2, 0) is 19.2 Å². The van der Waals surface area contributed by atoms with Gasteiger partial charge in [0.2, 0.25) is 11.8 Å². The van der Waals surface area contributed by atoms with Crippen LogP contribution >= 0.6 is 0 Å². The second-order valence-electron chi connectivity index (χ2n) is 5.71. The molecule has 0 aromatic rings. The molecule has 1 saturated carbocycles. The third kappa shape index (κ3) is 3.33. The lowest BCUT2D eigenvalue weighted by molar-refractivity contribution is -0.145. The van der Waals surface area contributed by atoms with E-state index in [1.54, 1.807) is 0 Å². The van der Waals surface area contributed by atoms with Crippen LogP contribution in [0.4, 0.5) is 4.79 Å². The number of carbonyl (C=O) groups is 5. The van der Waals surface area contributed by atoms with E-state index in [4.69, 9.17) is 0 Å². The minimum Gasteiger partial charge on any atom is -0.358 e. The van der Waals surface area contributed by atoms with Crippen LogP contribution in [0.2, 0.25) is 0 Å². The number of amides is 6. The maximum atomic E-state index is 12.3. The molecular formula is C14H20N4O5. The summed E-state index contributed by atoms with van der Waals surface area (Å²) in [6.07, 6.45) is 3.18. The number of likely N-dealkylation sites (N-methyl/N-ethyl adjacent to an activating group) is 2. The molecule has 0 spiro atoms. The number of imide groups is 2. The molecule has 2 rings (SSSR count). The minimum atomic E-state index is -0.983. The molecule has 2 aliphatic rings. The fraction of sp³-hybridized carbons (Fsp3) is 0.643. The van der Waals surface area contributed by atoms with Crippen molar-refractivity contribution in [3.63, 3.8) is 0 Å². The van der Waals surface area contributed by atoms with E-state index in [-0.39, 0.29) is 18.5 Å². The summed E-state index contributed by atoms with van der Waals surface area (Å²) in [7, 11) is 2.82. The van der Waals surface area contributed by atoms with Crippen molar-refractivity contribution in [2.24, 2.45) is 0 Å². The molecule has 0 radical (unpaired) electrons. The van der Waals surface area contributed by atoms with Crippen LogP contribution in [0.1, 0.15) is 25.7 Å². The lowest BCUT2D eigenvalue weighted by Gasteiger charge is -2.22. The van der Waals surface area contributed by atoms with Crippen LogP contribution < -0.4 is 5.32 Å². The summed E-state index contributed by atoms with van der Waals surface area (Å²) in [6, 6.07) is -1.00. The van der Waals surface area contributed by atoms with E-state index in [0.29, 0.717) is 17.7 Å². The molecule has 0 unspecified atom stereocenters. The zero-order valence-electron chi connectivity index (χ0n) is 13.2. The zero-order chi connectivity index (χ0) is 17.1. The number of carbonyl (C=O) groups excluding carboxylic acids is 5. The lowest BCUT2D eigenvalue weighted by atomic mass is 10.2. The molecule has 9 nitrogen and oxygen atoms in total. The number of nitrogens with one attached hydrogen (secondary N) is 1. The van der Waals surface area contributed by atoms with Gasteiger partial charge < -0.3 is 10.2 Å². The third-order valence-corrected chi connectivity index (χ3v) is 4.15. The van der Waals surface area contributed by atoms with Crippen LogP contribution in [-0.4, -0.2) is 77.6 Å². The van der Waals surface area contributed by atoms with Crippen molar-refractivity contribution in [2.45, 2.75) is 31.7 Å². The quantitative estimate of drug-likeness (QED) is 0.511. The van der Waals surface area contributed by atoms with Gasteiger partial charge in [0, 0.05) is 20.1 Å². The first kappa shape index (κ1) is 16.9. The van der Waals surface area contributed by atoms with E-state index >= 15 is 0 Å². The standard InChI is InChI=1S/C14H20N4O5/c1-15-10(19)7-16(2)11(20)8-17-12(21)13(22)18(14(17)23)9-5-3-4-6-9/h9H,3-8H2,1-2H3,(H,15,19). The molecular weight excluding hydrogens is 304 g/mol. The number of hydrogen-bond acceptors (Lipinski definition) is 5. The van der Waals surface area contributed by atoms with Gasteiger partial charge in [-0.05, 0) is 12.8 Å². The fourth-order valence-corrected chi connectivity index (χ4v) is 2.78. The Hall–Kier alpha value is -2.45. The van der Waals surface area contributed by atoms with Crippen LogP contribution in [0.3, 0.4) is 0 Å². The van der Waals surface area contributed by atoms with Gasteiger partial charge >= 0.3 is 17.8 Å². The van der Waals surface area contributed by atoms with Gasteiger partial charge in [-0.3, -0.25) is 24.1 Å². The summed E-state index contributed by atoms with van der Waals surface area (Å²) < 4.78 is 0. The van der Waals surface area contributed by atoms with Gasteiger partial charge in [-0.25, -0.2) is 9.69 Å². The molecule has 1 heterocycles. The Labute approximate surface area is 133 Å². The average Bonchev–Trinajstić information content (AvgIpc) is 3.10. The molecule has 0 aromatic heterocycles. The van der Waals surface area contributed by atoms with Gasteiger partial charge in [0.05, 0.1) is 6.54 Å². The van der Waals surface area contributed by atoms with Gasteiger partial charge in [-0.1, -0.05) is 12.8 Å². The molecule has 1 aliphatic carbocycles. The first-order chi connectivity index (χ1) is 10.9. The van der Waals surface area contributed by atoms with Crippen molar-refractivity contribution >= 4 is 29.7 Å². The summed E-state index contributed by atoms with van der Waals surface area (Å²) in [4.78, 5) is 62.3. The molecule has 9 heteroatoms. The topological polar surface area (TPSA) is 107 Å². The first-order valence-electron chi connectivity index (χ1n) is 7.50. The predicted octanol–water partition coefficient (Wildman–Crippen LogP) is -1.08. The number of urea groups is 1. The van der Waals surface area contributed by atoms with E-state index in [2.05, 4.69) is 5.32 Å². The number of rotatable bonds is 5. The molecule has 6 amide bonds. The summed E-state index contributed by atoms with van der Waals surface area (Å²) in [5.41, 5.74) is 0. The van der Waals surface area contributed by atoms with Crippen molar-refractivity contribution in [1.29, 1.82) is 0 Å². The van der Waals surface area contributed by atoms with Crippen LogP contribution in [0.5, 0.6) is 0 Å². The van der Waals surface area contributed by atoms with Crippen LogP contribution in [0.15, 0.2) is 0 Å². The van der Waals surface area contributed by atoms with E-state index < -0.39 is 30.3 Å². The number of nitrogens with zero attached hydrogens (tertiary/aromatic N) is 3. The fourth-order valence-electron chi connectivity index (χ4n) is 2.78. The first-order valence-corrected chi connectivity index (χ1v) is 7.50. The SMILES string of the molecule is CNC(=O)CN(C)C(=O)CN1C(=O)C(=O)N(C2CCCC2)C1=O. The molecule has 0 bridgehead atoms. The van der Waals surface area contributed by atoms with Crippen LogP contribution in [0, 0.1) is 0 Å². The normalized spacial score (nSPS) is 18.8. The second kappa shape index (κ2) is 6.76. The highest BCUT2D eigenvalue weighted by atomic mass is 16.2. The van der Waals surface area contributed by atoms with Crippen molar-refractivity contribution in [2.75, 3.05) is 27.2 Å². The smallest absolute Gasteiger partial charge is 0.334 e. The maximum absolute atomic E-state index is 12.3. The predicted molar refractivity (Wildman–Crippen MR) is 77.9 cm³/mol. The molecule has 23 heavy (non-hydrogen) atoms. The minimum absolute atomic E-state index is 0.189. The number of hydrogen-bond donors (Lipinski definition) is 1. The van der Waals surface area contributed by atoms with Gasteiger partial charge in [-0.2, -0.15) is 0 Å². The monoisotopic (exact) mass is 324 g/mol. The van der Waals surface area contributed by atoms with E-state index in [1.165, 1.54) is 14.1 Å². The third-order valence-electron chi connectivity index (χ3n) is 4.15. The zero-order valence-corrected chi connectivity index (χ0v) is 13.2. The van der Waals surface area contributed by atoms with Gasteiger partial charge in [0.25, 0.3) is 0 Å². The Bertz CT molecular complexity index is 555. The Kier molecular flexibility index (Phi) is 4.97. The van der Waals surface area contributed by atoms with Crippen molar-refractivity contribution in [1.82, 2.24) is 20.0 Å². The summed E-state index contributed by atoms with van der Waals surface area (Å²) in [5, 5.41) is 2.37. The Morgan fingerprint density at radius 2 is 1.78 bits per heavy atom. The van der Waals surface area contributed by atoms with Gasteiger partial charge in [0.15, 0.2) is 0 Å². The van der Waals surface area contributed by atoms with Gasteiger partial charge in [-0.15, -0.1) is 0 Å². The highest BCUT2D eigenvalue weighted by Gasteiger charge is 2.48. The van der Waals surface area contributed by atoms with Crippen molar-refractivity contribution in [3.8, 4) is 0 Å². The molecule has 0 aromatic carbocycles. The van der Waals surface area contributed by atoms with Crippen molar-refractivity contribution in [3.05, 3.63) is 0 Å². The lowest BCUT2D eigenvalue weighted by Crippen LogP contribution is -2.45. The Morgan fingerprint density at radius 3 is 2.35 bits per heavy atom. The molecule has 126 valence electrons. The average molecular weight is 324 g/mol. The molecule has 1 saturated heterocycles. The maximum Gasteiger partial charge on any atom is 0.334 e. The largest absolute Gasteiger partial charge is 0.358 e. The van der Waals surface area contributed by atoms with E-state index in [0.717, 1.165) is 22.6 Å². The second-order valence-corrected chi connectivity index (χ2v) is 5.71. The highest BCUT2D eigenvalue weighted by molar-refractivity contribution is 6.45. The van der Waals surface area contributed by atoms with E-state index in [1.807, 2.05) is 0 Å². The van der Waals surface area contributed by atoms with Gasteiger partial charge in [0.1, 0.15) is 6.54 Å². The summed E-state index contributed by atoms with van der Waals surface area (Å²) >= 11 is 0. The molecule has 2 fully saturated rings. The molecule has 0 atom stereocenters. The van der Waals surface area contributed by atoms with Crippen LogP contribution in [0.25, 0.3) is 0 Å². The molecule has 1 N–H and O–H groups in total. The highest BCUT2D eigenvalue weighted by Crippen LogP contribution is 2.27. The Morgan fingerprint density at radius 1 is 1.17 bits per heavy atom. The van der Waals surface area contributed by atoms with Crippen molar-refractivity contribution < 1.29 is 24.0 Å². The Balaban J connectivity index is 2.03. The summed E-state index contributed by atoms with van der Waals surface area (Å²) in [5.74, 6) is -2.81. The summed E-state index contributed by atoms with van der Waals surface area (Å²) in [6.45, 7) is -0.730. The molecule has 1 aliphatic heterocycles. The van der Waals surface area contributed by atoms with E-state index in [9.17, 15) is 24.0 Å².